The third kappa shape index (κ3) is 4.36. The maximum atomic E-state index is 13.2. The summed E-state index contributed by atoms with van der Waals surface area (Å²) in [4.78, 5) is 14.7. The number of benzene rings is 1. The Kier molecular flexibility index (Phi) is 6.40. The summed E-state index contributed by atoms with van der Waals surface area (Å²) in [7, 11) is -2.01. The number of hydrogen-bond donors (Lipinski definition) is 0. The van der Waals surface area contributed by atoms with E-state index in [1.807, 2.05) is 13.8 Å². The lowest BCUT2D eigenvalue weighted by atomic mass is 10.1. The number of rotatable bonds is 6. The standard InChI is InChI=1S/C20H27N3O5S/c1-5-16-6-7-17(12-19(16)29(25,26)23-8-10-27-11-9-23)20(24)22(4)13-18-14(2)21-28-15(18)3/h6-7,12H,5,8-11,13H2,1-4H3. The van der Waals surface area contributed by atoms with Crippen LogP contribution in [0.4, 0.5) is 0 Å². The van der Waals surface area contributed by atoms with Gasteiger partial charge in [0.1, 0.15) is 5.76 Å². The number of amides is 1. The van der Waals surface area contributed by atoms with Gasteiger partial charge in [0.25, 0.3) is 5.91 Å². The molecule has 8 nitrogen and oxygen atoms in total. The topological polar surface area (TPSA) is 93.0 Å². The molecule has 158 valence electrons. The van der Waals surface area contributed by atoms with E-state index in [1.165, 1.54) is 10.4 Å². The summed E-state index contributed by atoms with van der Waals surface area (Å²) in [5.74, 6) is 0.408. The minimum Gasteiger partial charge on any atom is -0.379 e. The molecule has 2 heterocycles. The number of aromatic nitrogens is 1. The molecule has 0 N–H and O–H groups in total. The lowest BCUT2D eigenvalue weighted by molar-refractivity contribution is 0.0729. The van der Waals surface area contributed by atoms with Gasteiger partial charge in [-0.25, -0.2) is 8.42 Å². The minimum absolute atomic E-state index is 0.193. The number of carbonyl (C=O) groups is 1. The molecular formula is C20H27N3O5S. The molecule has 1 aromatic heterocycles. The van der Waals surface area contributed by atoms with Crippen LogP contribution in [-0.2, 0) is 27.7 Å². The second-order valence-electron chi connectivity index (χ2n) is 7.16. The highest BCUT2D eigenvalue weighted by molar-refractivity contribution is 7.89. The van der Waals surface area contributed by atoms with E-state index in [1.54, 1.807) is 31.0 Å². The van der Waals surface area contributed by atoms with Gasteiger partial charge >= 0.3 is 0 Å². The fourth-order valence-corrected chi connectivity index (χ4v) is 5.13. The van der Waals surface area contributed by atoms with E-state index in [9.17, 15) is 13.2 Å². The van der Waals surface area contributed by atoms with Gasteiger partial charge in [-0.05, 0) is 38.0 Å². The van der Waals surface area contributed by atoms with Crippen molar-refractivity contribution in [1.82, 2.24) is 14.4 Å². The number of morpholine rings is 1. The van der Waals surface area contributed by atoms with Crippen LogP contribution in [0.5, 0.6) is 0 Å². The van der Waals surface area contributed by atoms with E-state index < -0.39 is 10.0 Å². The molecule has 1 aliphatic heterocycles. The Bertz CT molecular complexity index is 974. The molecule has 1 fully saturated rings. The van der Waals surface area contributed by atoms with Crippen LogP contribution in [0.15, 0.2) is 27.6 Å². The second-order valence-corrected chi connectivity index (χ2v) is 9.06. The van der Waals surface area contributed by atoms with E-state index in [0.29, 0.717) is 56.2 Å². The Balaban J connectivity index is 1.90. The number of aryl methyl sites for hydroxylation is 3. The number of sulfonamides is 1. The first-order valence-electron chi connectivity index (χ1n) is 9.63. The first kappa shape index (κ1) is 21.5. The molecule has 1 aromatic carbocycles. The van der Waals surface area contributed by atoms with E-state index in [0.717, 1.165) is 11.3 Å². The van der Waals surface area contributed by atoms with Crippen LogP contribution >= 0.6 is 0 Å². The molecule has 3 rings (SSSR count). The molecule has 1 amide bonds. The summed E-state index contributed by atoms with van der Waals surface area (Å²) < 4.78 is 38.2. The van der Waals surface area contributed by atoms with Crippen LogP contribution in [0.3, 0.4) is 0 Å². The Labute approximate surface area is 171 Å². The number of carbonyl (C=O) groups excluding carboxylic acids is 1. The first-order chi connectivity index (χ1) is 13.8. The van der Waals surface area contributed by atoms with Gasteiger partial charge in [0, 0.05) is 31.3 Å². The number of ether oxygens (including phenoxy) is 1. The van der Waals surface area contributed by atoms with Crippen molar-refractivity contribution in [3.05, 3.63) is 46.3 Å². The highest BCUT2D eigenvalue weighted by Gasteiger charge is 2.29. The van der Waals surface area contributed by atoms with Gasteiger partial charge in [-0.3, -0.25) is 4.79 Å². The SMILES string of the molecule is CCc1ccc(C(=O)N(C)Cc2c(C)noc2C)cc1S(=O)(=O)N1CCOCC1. The van der Waals surface area contributed by atoms with Crippen molar-refractivity contribution in [3.8, 4) is 0 Å². The zero-order valence-corrected chi connectivity index (χ0v) is 18.1. The lowest BCUT2D eigenvalue weighted by Gasteiger charge is -2.27. The average Bonchev–Trinajstić information content (AvgIpc) is 3.05. The van der Waals surface area contributed by atoms with Crippen molar-refractivity contribution < 1.29 is 22.5 Å². The van der Waals surface area contributed by atoms with Gasteiger partial charge in [0.15, 0.2) is 0 Å². The van der Waals surface area contributed by atoms with Gasteiger partial charge < -0.3 is 14.2 Å². The predicted octanol–water partition coefficient (Wildman–Crippen LogP) is 2.15. The molecule has 0 bridgehead atoms. The fourth-order valence-electron chi connectivity index (χ4n) is 3.40. The fraction of sp³-hybridized carbons (Fsp3) is 0.500. The van der Waals surface area contributed by atoms with E-state index in [-0.39, 0.29) is 10.8 Å². The quantitative estimate of drug-likeness (QED) is 0.710. The maximum absolute atomic E-state index is 13.2. The second kappa shape index (κ2) is 8.64. The third-order valence-electron chi connectivity index (χ3n) is 5.21. The molecule has 29 heavy (non-hydrogen) atoms. The summed E-state index contributed by atoms with van der Waals surface area (Å²) in [5.41, 5.74) is 2.62. The van der Waals surface area contributed by atoms with E-state index in [4.69, 9.17) is 9.26 Å². The third-order valence-corrected chi connectivity index (χ3v) is 7.19. The highest BCUT2D eigenvalue weighted by atomic mass is 32.2. The Morgan fingerprint density at radius 3 is 2.52 bits per heavy atom. The molecule has 1 saturated heterocycles. The minimum atomic E-state index is -3.69. The van der Waals surface area contributed by atoms with Crippen molar-refractivity contribution in [2.75, 3.05) is 33.4 Å². The lowest BCUT2D eigenvalue weighted by Crippen LogP contribution is -2.41. The largest absolute Gasteiger partial charge is 0.379 e. The van der Waals surface area contributed by atoms with Gasteiger partial charge in [-0.1, -0.05) is 18.1 Å². The van der Waals surface area contributed by atoms with E-state index >= 15 is 0 Å². The van der Waals surface area contributed by atoms with Crippen molar-refractivity contribution in [2.45, 2.75) is 38.6 Å². The number of hydrogen-bond acceptors (Lipinski definition) is 6. The molecule has 0 unspecified atom stereocenters. The monoisotopic (exact) mass is 421 g/mol. The Hall–Kier alpha value is -2.23. The van der Waals surface area contributed by atoms with Crippen LogP contribution in [0, 0.1) is 13.8 Å². The van der Waals surface area contributed by atoms with Gasteiger partial charge in [0.2, 0.25) is 10.0 Å². The van der Waals surface area contributed by atoms with Crippen molar-refractivity contribution >= 4 is 15.9 Å². The van der Waals surface area contributed by atoms with Gasteiger partial charge in [-0.2, -0.15) is 4.31 Å². The maximum Gasteiger partial charge on any atom is 0.253 e. The van der Waals surface area contributed by atoms with Crippen LogP contribution in [0.25, 0.3) is 0 Å². The van der Waals surface area contributed by atoms with Crippen LogP contribution in [0.1, 0.15) is 39.9 Å². The zero-order chi connectivity index (χ0) is 21.2. The molecule has 0 atom stereocenters. The molecular weight excluding hydrogens is 394 g/mol. The van der Waals surface area contributed by atoms with Crippen LogP contribution in [-0.4, -0.2) is 62.0 Å². The summed E-state index contributed by atoms with van der Waals surface area (Å²) in [6, 6.07) is 4.91. The smallest absolute Gasteiger partial charge is 0.253 e. The summed E-state index contributed by atoms with van der Waals surface area (Å²) in [6.07, 6.45) is 0.558. The van der Waals surface area contributed by atoms with Gasteiger partial charge in [0.05, 0.1) is 30.3 Å². The normalized spacial score (nSPS) is 15.4. The van der Waals surface area contributed by atoms with E-state index in [2.05, 4.69) is 5.16 Å². The van der Waals surface area contributed by atoms with Crippen molar-refractivity contribution in [1.29, 1.82) is 0 Å². The molecule has 0 aliphatic carbocycles. The van der Waals surface area contributed by atoms with Gasteiger partial charge in [-0.15, -0.1) is 0 Å². The molecule has 0 radical (unpaired) electrons. The van der Waals surface area contributed by atoms with Crippen molar-refractivity contribution in [3.63, 3.8) is 0 Å². The predicted molar refractivity (Wildman–Crippen MR) is 107 cm³/mol. The summed E-state index contributed by atoms with van der Waals surface area (Å²) in [5, 5.41) is 3.91. The first-order valence-corrected chi connectivity index (χ1v) is 11.1. The number of nitrogens with zero attached hydrogens (tertiary/aromatic N) is 3. The Morgan fingerprint density at radius 1 is 1.24 bits per heavy atom. The molecule has 1 aliphatic rings. The highest BCUT2D eigenvalue weighted by Crippen LogP contribution is 2.24. The molecule has 0 spiro atoms. The average molecular weight is 422 g/mol. The van der Waals surface area contributed by atoms with Crippen LogP contribution in [0.2, 0.25) is 0 Å². The van der Waals surface area contributed by atoms with Crippen LogP contribution < -0.4 is 0 Å². The Morgan fingerprint density at radius 2 is 1.93 bits per heavy atom. The molecule has 0 saturated carbocycles. The summed E-state index contributed by atoms with van der Waals surface area (Å²) >= 11 is 0. The zero-order valence-electron chi connectivity index (χ0n) is 17.3. The molecule has 2 aromatic rings. The summed E-state index contributed by atoms with van der Waals surface area (Å²) in [6.45, 7) is 7.24. The van der Waals surface area contributed by atoms with Crippen molar-refractivity contribution in [2.24, 2.45) is 0 Å². The molecule has 9 heteroatoms.